The summed E-state index contributed by atoms with van der Waals surface area (Å²) in [5, 5.41) is 5.86. The van der Waals surface area contributed by atoms with E-state index in [9.17, 15) is 0 Å². The molecule has 25 valence electrons. The van der Waals surface area contributed by atoms with Gasteiger partial charge in [0, 0.05) is 17.1 Å². The Morgan fingerprint density at radius 3 is 1.75 bits per heavy atom. The smallest absolute Gasteiger partial charge is 0.0765 e. The van der Waals surface area contributed by atoms with Crippen molar-refractivity contribution < 1.29 is 17.1 Å². The number of hydrogen-bond acceptors (Lipinski definition) is 1. The maximum absolute atomic E-state index is 5.86. The van der Waals surface area contributed by atoms with Gasteiger partial charge in [0.1, 0.15) is 0 Å². The van der Waals surface area contributed by atoms with Crippen LogP contribution in [-0.2, 0) is 17.1 Å². The number of hydrogen-bond donors (Lipinski definition) is 2. The third kappa shape index (κ3) is 17600. The second-order valence-electron chi connectivity index (χ2n) is 0.167. The van der Waals surface area contributed by atoms with Crippen LogP contribution in [0.2, 0.25) is 0 Å². The summed E-state index contributed by atoms with van der Waals surface area (Å²) >= 11 is 0. The molecule has 0 rings (SSSR count). The van der Waals surface area contributed by atoms with Gasteiger partial charge in [0.05, 0.1) is 6.34 Å². The number of nitrogens with one attached hydrogen (secondary N) is 1. The Balaban J connectivity index is 0. The topological polar surface area (TPSA) is 49.9 Å². The van der Waals surface area contributed by atoms with Gasteiger partial charge < -0.3 is 5.73 Å². The summed E-state index contributed by atoms with van der Waals surface area (Å²) in [6.45, 7) is 0. The molecule has 2 nitrogen and oxygen atoms in total. The van der Waals surface area contributed by atoms with Crippen LogP contribution in [0.5, 0.6) is 0 Å². The van der Waals surface area contributed by atoms with E-state index in [4.69, 9.17) is 5.41 Å². The van der Waals surface area contributed by atoms with E-state index in [1.165, 1.54) is 0 Å². The predicted molar refractivity (Wildman–Crippen MR) is 13.0 cm³/mol. The average Bonchev–Trinajstić information content (AvgIpc) is 0.918. The van der Waals surface area contributed by atoms with Crippen molar-refractivity contribution in [3.63, 3.8) is 0 Å². The van der Waals surface area contributed by atoms with Gasteiger partial charge >= 0.3 is 0 Å². The van der Waals surface area contributed by atoms with E-state index < -0.39 is 0 Å². The van der Waals surface area contributed by atoms with Crippen molar-refractivity contribution in [1.82, 2.24) is 0 Å². The fraction of sp³-hybridized carbons (Fsp3) is 0. The zero-order valence-corrected chi connectivity index (χ0v) is 3.21. The molecule has 0 fully saturated rings. The summed E-state index contributed by atoms with van der Waals surface area (Å²) in [6.07, 6.45) is 0.750. The van der Waals surface area contributed by atoms with Gasteiger partial charge in [-0.2, -0.15) is 0 Å². The summed E-state index contributed by atoms with van der Waals surface area (Å²) in [7, 11) is 0. The molecule has 0 atom stereocenters. The van der Waals surface area contributed by atoms with Gasteiger partial charge in [-0.15, -0.1) is 0 Å². The fourth-order valence-corrected chi connectivity index (χ4v) is 0. The van der Waals surface area contributed by atoms with Crippen LogP contribution in [0.4, 0.5) is 0 Å². The molecule has 0 saturated carbocycles. The Kier molecular flexibility index (Phi) is 27.2. The largest absolute Gasteiger partial charge is 0.390 e. The molecule has 0 aliphatic heterocycles. The van der Waals surface area contributed by atoms with E-state index >= 15 is 0 Å². The van der Waals surface area contributed by atoms with Crippen LogP contribution in [0, 0.1) is 5.41 Å². The van der Waals surface area contributed by atoms with Gasteiger partial charge in [-0.3, -0.25) is 5.41 Å². The zero-order chi connectivity index (χ0) is 2.71. The molecule has 0 amide bonds. The first-order valence-corrected chi connectivity index (χ1v) is 0.622. The summed E-state index contributed by atoms with van der Waals surface area (Å²) in [5.41, 5.74) is 4.39. The second-order valence-corrected chi connectivity index (χ2v) is 0.167. The van der Waals surface area contributed by atoms with Crippen LogP contribution in [0.15, 0.2) is 0 Å². The molecule has 3 N–H and O–H groups in total. The summed E-state index contributed by atoms with van der Waals surface area (Å²) in [4.78, 5) is 0. The fourth-order valence-electron chi connectivity index (χ4n) is 0. The van der Waals surface area contributed by atoms with Crippen LogP contribution in [0.25, 0.3) is 0 Å². The molecule has 0 heterocycles. The van der Waals surface area contributed by atoms with Crippen molar-refractivity contribution in [1.29, 1.82) is 5.41 Å². The third-order valence-corrected chi connectivity index (χ3v) is 0. The van der Waals surface area contributed by atoms with Crippen LogP contribution >= 0.6 is 0 Å². The van der Waals surface area contributed by atoms with Crippen molar-refractivity contribution in [2.45, 2.75) is 0 Å². The Bertz CT molecular complexity index is 13.5. The minimum absolute atomic E-state index is 0. The van der Waals surface area contributed by atoms with Crippen molar-refractivity contribution in [3.8, 4) is 0 Å². The standard InChI is InChI=1S/CH4N2.Mn/c2-1-3;/h1H,(H3,2,3);. The van der Waals surface area contributed by atoms with Crippen molar-refractivity contribution in [2.75, 3.05) is 0 Å². The van der Waals surface area contributed by atoms with Crippen LogP contribution in [-0.4, -0.2) is 6.34 Å². The molecule has 4 heavy (non-hydrogen) atoms. The average molecular weight is 99.0 g/mol. The number of rotatable bonds is 0. The van der Waals surface area contributed by atoms with Gasteiger partial charge in [0.25, 0.3) is 0 Å². The molecule has 0 spiro atoms. The van der Waals surface area contributed by atoms with E-state index in [0.717, 1.165) is 6.34 Å². The van der Waals surface area contributed by atoms with Gasteiger partial charge in [0.2, 0.25) is 0 Å². The van der Waals surface area contributed by atoms with E-state index in [2.05, 4.69) is 5.73 Å². The van der Waals surface area contributed by atoms with Gasteiger partial charge in [-0.05, 0) is 0 Å². The molecular weight excluding hydrogens is 95.0 g/mol. The molecule has 0 aliphatic rings. The minimum Gasteiger partial charge on any atom is -0.390 e. The second kappa shape index (κ2) is 12.1. The van der Waals surface area contributed by atoms with E-state index in [1.807, 2.05) is 0 Å². The maximum atomic E-state index is 5.86. The first-order chi connectivity index (χ1) is 1.41. The van der Waals surface area contributed by atoms with Crippen LogP contribution < -0.4 is 5.73 Å². The summed E-state index contributed by atoms with van der Waals surface area (Å²) < 4.78 is 0. The first kappa shape index (κ1) is 9.01. The molecule has 0 aromatic heterocycles. The molecule has 1 radical (unpaired) electrons. The Morgan fingerprint density at radius 2 is 1.75 bits per heavy atom. The van der Waals surface area contributed by atoms with Crippen LogP contribution in [0.3, 0.4) is 0 Å². The van der Waals surface area contributed by atoms with Crippen molar-refractivity contribution in [2.24, 2.45) is 5.73 Å². The van der Waals surface area contributed by atoms with E-state index in [0.29, 0.717) is 0 Å². The monoisotopic (exact) mass is 99.0 g/mol. The zero-order valence-electron chi connectivity index (χ0n) is 2.03. The molecule has 0 aliphatic carbocycles. The van der Waals surface area contributed by atoms with Gasteiger partial charge in [0.15, 0.2) is 0 Å². The summed E-state index contributed by atoms with van der Waals surface area (Å²) in [6, 6.07) is 0. The van der Waals surface area contributed by atoms with Gasteiger partial charge in [-0.25, -0.2) is 0 Å². The quantitative estimate of drug-likeness (QED) is 0.241. The predicted octanol–water partition coefficient (Wildman–Crippen LogP) is -0.450. The first-order valence-electron chi connectivity index (χ1n) is 0.622. The van der Waals surface area contributed by atoms with Crippen molar-refractivity contribution >= 4 is 6.34 Å². The van der Waals surface area contributed by atoms with Crippen molar-refractivity contribution in [3.05, 3.63) is 0 Å². The Labute approximate surface area is 35.4 Å². The number of nitrogens with two attached hydrogens (primary N) is 1. The molecule has 0 aromatic carbocycles. The van der Waals surface area contributed by atoms with E-state index in [-0.39, 0.29) is 17.1 Å². The molecule has 3 heteroatoms. The minimum atomic E-state index is 0. The summed E-state index contributed by atoms with van der Waals surface area (Å²) in [5.74, 6) is 0. The Morgan fingerprint density at radius 1 is 1.75 bits per heavy atom. The molecule has 0 aromatic rings. The normalized spacial score (nSPS) is 3.00. The van der Waals surface area contributed by atoms with Crippen LogP contribution in [0.1, 0.15) is 0 Å². The molecule has 0 saturated heterocycles. The maximum Gasteiger partial charge on any atom is 0.0765 e. The molecule has 0 bridgehead atoms. The van der Waals surface area contributed by atoms with Gasteiger partial charge in [-0.1, -0.05) is 0 Å². The van der Waals surface area contributed by atoms with E-state index in [1.54, 1.807) is 0 Å². The molecule has 0 unspecified atom stereocenters. The Hall–Kier alpha value is -0.0105. The SMILES string of the molecule is N=CN.[Mn]. The molecular formula is CH4MnN2. The third-order valence-electron chi connectivity index (χ3n) is 0.